The van der Waals surface area contributed by atoms with Gasteiger partial charge in [-0.15, -0.1) is 0 Å². The van der Waals surface area contributed by atoms with Crippen LogP contribution in [-0.4, -0.2) is 22.5 Å². The molecule has 0 saturated carbocycles. The van der Waals surface area contributed by atoms with Crippen molar-refractivity contribution in [3.05, 3.63) is 47.0 Å². The number of hydrogen-bond donors (Lipinski definition) is 2. The number of carbonyl (C=O) groups excluding carboxylic acids is 1. The second-order valence-corrected chi connectivity index (χ2v) is 5.88. The van der Waals surface area contributed by atoms with Crippen LogP contribution in [0.5, 0.6) is 0 Å². The number of aryl methyl sites for hydroxylation is 1. The van der Waals surface area contributed by atoms with E-state index in [0.29, 0.717) is 0 Å². The molecule has 0 spiro atoms. The summed E-state index contributed by atoms with van der Waals surface area (Å²) in [6.07, 6.45) is 1.64. The molecule has 0 unspecified atom stereocenters. The molecule has 0 radical (unpaired) electrons. The summed E-state index contributed by atoms with van der Waals surface area (Å²) in [7, 11) is 0. The number of rotatable bonds is 6. The van der Waals surface area contributed by atoms with E-state index in [0.717, 1.165) is 12.8 Å². The summed E-state index contributed by atoms with van der Waals surface area (Å²) in [5, 5.41) is 11.8. The quantitative estimate of drug-likeness (QED) is 0.791. The molecule has 1 rings (SSSR count). The van der Waals surface area contributed by atoms with Crippen molar-refractivity contribution in [3.63, 3.8) is 0 Å². The molecule has 0 aliphatic carbocycles. The van der Waals surface area contributed by atoms with Crippen LogP contribution in [-0.2, 0) is 16.0 Å². The largest absolute Gasteiger partial charge is 0.478 e. The lowest BCUT2D eigenvalue weighted by Crippen LogP contribution is -2.44. The molecule has 1 aromatic carbocycles. The molecule has 0 bridgehead atoms. The van der Waals surface area contributed by atoms with Crippen molar-refractivity contribution in [2.24, 2.45) is 0 Å². The molecule has 0 aromatic heterocycles. The summed E-state index contributed by atoms with van der Waals surface area (Å²) in [6, 6.07) is 10.1. The summed E-state index contributed by atoms with van der Waals surface area (Å²) >= 11 is 0. The van der Waals surface area contributed by atoms with Crippen molar-refractivity contribution in [1.29, 1.82) is 0 Å². The Morgan fingerprint density at radius 2 is 1.67 bits per heavy atom. The van der Waals surface area contributed by atoms with Gasteiger partial charge in [0.25, 0.3) is 0 Å². The summed E-state index contributed by atoms with van der Waals surface area (Å²) in [5.74, 6) is -1.39. The maximum absolute atomic E-state index is 12.1. The van der Waals surface area contributed by atoms with Gasteiger partial charge in [0.2, 0.25) is 5.91 Å². The van der Waals surface area contributed by atoms with Crippen LogP contribution in [0, 0.1) is 0 Å². The number of hydrogen-bond acceptors (Lipinski definition) is 2. The molecule has 0 fully saturated rings. The average molecular weight is 289 g/mol. The summed E-state index contributed by atoms with van der Waals surface area (Å²) in [5.41, 5.74) is 1.14. The minimum Gasteiger partial charge on any atom is -0.478 e. The fourth-order valence-electron chi connectivity index (χ4n) is 1.90. The maximum Gasteiger partial charge on any atom is 0.331 e. The van der Waals surface area contributed by atoms with Gasteiger partial charge in [0.05, 0.1) is 0 Å². The highest BCUT2D eigenvalue weighted by atomic mass is 16.4. The van der Waals surface area contributed by atoms with Gasteiger partial charge in [-0.3, -0.25) is 4.79 Å². The zero-order valence-corrected chi connectivity index (χ0v) is 13.1. The van der Waals surface area contributed by atoms with E-state index >= 15 is 0 Å². The molecule has 114 valence electrons. The SMILES string of the molecule is C/C(C(=O)O)=C(/C)C(=O)NC(C)(C)CCc1ccccc1. The second kappa shape index (κ2) is 7.07. The van der Waals surface area contributed by atoms with Crippen molar-refractivity contribution >= 4 is 11.9 Å². The normalized spacial score (nSPS) is 12.6. The Labute approximate surface area is 125 Å². The van der Waals surface area contributed by atoms with Gasteiger partial charge >= 0.3 is 5.97 Å². The number of carbonyl (C=O) groups is 2. The van der Waals surface area contributed by atoms with Crippen molar-refractivity contribution < 1.29 is 14.7 Å². The number of carboxylic acids is 1. The molecular weight excluding hydrogens is 266 g/mol. The first-order valence-corrected chi connectivity index (χ1v) is 7.00. The van der Waals surface area contributed by atoms with Crippen LogP contribution in [0.15, 0.2) is 41.5 Å². The highest BCUT2D eigenvalue weighted by Gasteiger charge is 2.22. The first-order chi connectivity index (χ1) is 9.73. The topological polar surface area (TPSA) is 66.4 Å². The average Bonchev–Trinajstić information content (AvgIpc) is 2.44. The van der Waals surface area contributed by atoms with Crippen LogP contribution < -0.4 is 5.32 Å². The van der Waals surface area contributed by atoms with Crippen molar-refractivity contribution in [2.45, 2.75) is 46.1 Å². The molecule has 0 saturated heterocycles. The van der Waals surface area contributed by atoms with Crippen LogP contribution in [0.3, 0.4) is 0 Å². The van der Waals surface area contributed by atoms with Crippen LogP contribution in [0.25, 0.3) is 0 Å². The van der Waals surface area contributed by atoms with Crippen LogP contribution in [0.2, 0.25) is 0 Å². The fourth-order valence-corrected chi connectivity index (χ4v) is 1.90. The Balaban J connectivity index is 2.66. The van der Waals surface area contributed by atoms with Gasteiger partial charge in [-0.25, -0.2) is 4.79 Å². The standard InChI is InChI=1S/C17H23NO3/c1-12(13(2)16(20)21)15(19)18-17(3,4)11-10-14-8-6-5-7-9-14/h5-9H,10-11H2,1-4H3,(H,18,19)(H,20,21)/b13-12+. The summed E-state index contributed by atoms with van der Waals surface area (Å²) < 4.78 is 0. The van der Waals surface area contributed by atoms with Gasteiger partial charge < -0.3 is 10.4 Å². The Bertz CT molecular complexity index is 544. The molecule has 1 amide bonds. The molecule has 1 aromatic rings. The molecular formula is C17H23NO3. The minimum atomic E-state index is -1.07. The first-order valence-electron chi connectivity index (χ1n) is 7.00. The van der Waals surface area contributed by atoms with E-state index in [1.54, 1.807) is 0 Å². The Morgan fingerprint density at radius 3 is 2.19 bits per heavy atom. The molecule has 0 atom stereocenters. The number of benzene rings is 1. The third-order valence-corrected chi connectivity index (χ3v) is 3.56. The Hall–Kier alpha value is -2.10. The number of carboxylic acid groups (broad SMARTS) is 1. The van der Waals surface area contributed by atoms with E-state index in [4.69, 9.17) is 5.11 Å². The zero-order valence-electron chi connectivity index (χ0n) is 13.1. The summed E-state index contributed by atoms with van der Waals surface area (Å²) in [6.45, 7) is 6.86. The van der Waals surface area contributed by atoms with E-state index in [9.17, 15) is 9.59 Å². The van der Waals surface area contributed by atoms with E-state index in [-0.39, 0.29) is 17.1 Å². The predicted molar refractivity (Wildman–Crippen MR) is 83.0 cm³/mol. The van der Waals surface area contributed by atoms with Crippen molar-refractivity contribution in [3.8, 4) is 0 Å². The van der Waals surface area contributed by atoms with Gasteiger partial charge in [0, 0.05) is 16.7 Å². The van der Waals surface area contributed by atoms with Gasteiger partial charge in [-0.05, 0) is 46.1 Å². The minimum absolute atomic E-state index is 0.0753. The highest BCUT2D eigenvalue weighted by molar-refractivity contribution is 6.01. The van der Waals surface area contributed by atoms with Crippen molar-refractivity contribution in [1.82, 2.24) is 5.32 Å². The van der Waals surface area contributed by atoms with Crippen LogP contribution in [0.4, 0.5) is 0 Å². The second-order valence-electron chi connectivity index (χ2n) is 5.88. The third-order valence-electron chi connectivity index (χ3n) is 3.56. The number of amides is 1. The molecule has 21 heavy (non-hydrogen) atoms. The highest BCUT2D eigenvalue weighted by Crippen LogP contribution is 2.15. The monoisotopic (exact) mass is 289 g/mol. The molecule has 0 heterocycles. The lowest BCUT2D eigenvalue weighted by Gasteiger charge is -2.27. The van der Waals surface area contributed by atoms with E-state index in [1.807, 2.05) is 32.0 Å². The van der Waals surface area contributed by atoms with E-state index in [1.165, 1.54) is 19.4 Å². The van der Waals surface area contributed by atoms with Gasteiger partial charge in [-0.2, -0.15) is 0 Å². The van der Waals surface area contributed by atoms with Crippen molar-refractivity contribution in [2.75, 3.05) is 0 Å². The molecule has 4 heteroatoms. The lowest BCUT2D eigenvalue weighted by atomic mass is 9.94. The number of nitrogens with one attached hydrogen (secondary N) is 1. The van der Waals surface area contributed by atoms with Gasteiger partial charge in [-0.1, -0.05) is 30.3 Å². The fraction of sp³-hybridized carbons (Fsp3) is 0.412. The lowest BCUT2D eigenvalue weighted by molar-refractivity contribution is -0.133. The van der Waals surface area contributed by atoms with Gasteiger partial charge in [0.15, 0.2) is 0 Å². The van der Waals surface area contributed by atoms with Gasteiger partial charge in [0.1, 0.15) is 0 Å². The van der Waals surface area contributed by atoms with Crippen LogP contribution in [0.1, 0.15) is 39.7 Å². The Morgan fingerprint density at radius 1 is 1.10 bits per heavy atom. The molecule has 0 aliphatic rings. The molecule has 0 aliphatic heterocycles. The zero-order chi connectivity index (χ0) is 16.0. The molecule has 4 nitrogen and oxygen atoms in total. The van der Waals surface area contributed by atoms with E-state index < -0.39 is 11.5 Å². The number of aliphatic carboxylic acids is 1. The Kier molecular flexibility index (Phi) is 5.70. The predicted octanol–water partition coefficient (Wildman–Crippen LogP) is 2.94. The first kappa shape index (κ1) is 17.0. The van der Waals surface area contributed by atoms with E-state index in [2.05, 4.69) is 17.4 Å². The third kappa shape index (κ3) is 5.42. The van der Waals surface area contributed by atoms with Crippen LogP contribution >= 0.6 is 0 Å². The molecule has 2 N–H and O–H groups in total. The summed E-state index contributed by atoms with van der Waals surface area (Å²) in [4.78, 5) is 23.0. The smallest absolute Gasteiger partial charge is 0.331 e. The maximum atomic E-state index is 12.1.